The van der Waals surface area contributed by atoms with Crippen LogP contribution in [0.15, 0.2) is 47.4 Å². The molecule has 0 heterocycles. The molecule has 0 spiro atoms. The number of sulfonamides is 1. The van der Waals surface area contributed by atoms with Crippen LogP contribution in [0.1, 0.15) is 26.7 Å². The van der Waals surface area contributed by atoms with Crippen molar-refractivity contribution in [3.05, 3.63) is 42.5 Å². The summed E-state index contributed by atoms with van der Waals surface area (Å²) < 4.78 is 27.8. The lowest BCUT2D eigenvalue weighted by molar-refractivity contribution is 0.451. The summed E-state index contributed by atoms with van der Waals surface area (Å²) in [6.45, 7) is 3.76. The van der Waals surface area contributed by atoms with Crippen LogP contribution in [-0.4, -0.2) is 14.0 Å². The summed E-state index contributed by atoms with van der Waals surface area (Å²) in [5.41, 5.74) is -0.829. The van der Waals surface area contributed by atoms with Crippen molar-refractivity contribution in [2.45, 2.75) is 37.1 Å². The van der Waals surface area contributed by atoms with E-state index >= 15 is 0 Å². The van der Waals surface area contributed by atoms with Crippen molar-refractivity contribution >= 4 is 20.8 Å². The molecule has 2 aromatic rings. The molecule has 0 bridgehead atoms. The van der Waals surface area contributed by atoms with Gasteiger partial charge in [0.05, 0.1) is 10.4 Å². The van der Waals surface area contributed by atoms with E-state index in [2.05, 4.69) is 10.6 Å². The third kappa shape index (κ3) is 3.10. The fourth-order valence-corrected chi connectivity index (χ4v) is 3.79. The van der Waals surface area contributed by atoms with Gasteiger partial charge in [0.1, 0.15) is 0 Å². The van der Waals surface area contributed by atoms with Gasteiger partial charge >= 0.3 is 0 Å². The highest BCUT2D eigenvalue weighted by molar-refractivity contribution is 7.89. The Labute approximate surface area is 126 Å². The topological polar surface area (TPSA) is 46.2 Å². The summed E-state index contributed by atoms with van der Waals surface area (Å²) in [5.74, 6) is 2.59. The molecule has 0 aliphatic rings. The summed E-state index contributed by atoms with van der Waals surface area (Å²) in [5, 5.41) is 1.89. The molecule has 1 N–H and O–H groups in total. The lowest BCUT2D eigenvalue weighted by Crippen LogP contribution is -2.46. The maximum Gasteiger partial charge on any atom is 0.241 e. The van der Waals surface area contributed by atoms with Gasteiger partial charge in [-0.2, -0.15) is 4.72 Å². The first-order valence-electron chi connectivity index (χ1n) is 6.97. The van der Waals surface area contributed by atoms with E-state index in [-0.39, 0.29) is 4.90 Å². The molecular formula is C17H19NO2S. The van der Waals surface area contributed by atoms with Crippen molar-refractivity contribution in [2.24, 2.45) is 0 Å². The molecule has 0 aliphatic heterocycles. The average Bonchev–Trinajstić information content (AvgIpc) is 2.52. The molecule has 0 atom stereocenters. The molecule has 0 aliphatic carbocycles. The second kappa shape index (κ2) is 5.88. The van der Waals surface area contributed by atoms with Crippen molar-refractivity contribution < 1.29 is 8.42 Å². The number of benzene rings is 2. The van der Waals surface area contributed by atoms with Crippen LogP contribution in [0.5, 0.6) is 0 Å². The molecule has 2 aromatic carbocycles. The van der Waals surface area contributed by atoms with Crippen LogP contribution in [0.4, 0.5) is 0 Å². The van der Waals surface area contributed by atoms with Gasteiger partial charge in [-0.25, -0.2) is 8.42 Å². The maximum atomic E-state index is 12.6. The fourth-order valence-electron chi connectivity index (χ4n) is 2.28. The number of nitrogens with one attached hydrogen (secondary N) is 1. The average molecular weight is 301 g/mol. The van der Waals surface area contributed by atoms with Crippen LogP contribution in [0.25, 0.3) is 10.8 Å². The Bertz CT molecular complexity index is 784. The van der Waals surface area contributed by atoms with E-state index in [1.807, 2.05) is 38.1 Å². The molecule has 0 saturated heterocycles. The molecule has 3 nitrogen and oxygen atoms in total. The standard InChI is InChI=1S/C17H19NO2S/c1-4-17(5-2,6-3)18-21(19,20)16-12-11-14-9-7-8-10-15(14)13-16/h1,7-13,18H,5-6H2,2-3H3. The normalized spacial score (nSPS) is 12.2. The quantitative estimate of drug-likeness (QED) is 0.861. The van der Waals surface area contributed by atoms with E-state index in [0.717, 1.165) is 10.8 Å². The van der Waals surface area contributed by atoms with Crippen LogP contribution in [0, 0.1) is 12.3 Å². The fraction of sp³-hybridized carbons (Fsp3) is 0.294. The number of hydrogen-bond acceptors (Lipinski definition) is 2. The van der Waals surface area contributed by atoms with Gasteiger partial charge < -0.3 is 0 Å². The lowest BCUT2D eigenvalue weighted by Gasteiger charge is -2.26. The predicted molar refractivity (Wildman–Crippen MR) is 86.4 cm³/mol. The van der Waals surface area contributed by atoms with E-state index < -0.39 is 15.6 Å². The first-order chi connectivity index (χ1) is 9.96. The number of fused-ring (bicyclic) bond motifs is 1. The highest BCUT2D eigenvalue weighted by atomic mass is 32.2. The minimum atomic E-state index is -3.64. The Kier molecular flexibility index (Phi) is 4.36. The SMILES string of the molecule is C#CC(CC)(CC)NS(=O)(=O)c1ccc2ccccc2c1. The summed E-state index contributed by atoms with van der Waals surface area (Å²) in [7, 11) is -3.64. The monoisotopic (exact) mass is 301 g/mol. The summed E-state index contributed by atoms with van der Waals surface area (Å²) >= 11 is 0. The van der Waals surface area contributed by atoms with Crippen LogP contribution in [0.3, 0.4) is 0 Å². The highest BCUT2D eigenvalue weighted by Crippen LogP contribution is 2.22. The molecule has 0 saturated carbocycles. The van der Waals surface area contributed by atoms with Crippen LogP contribution < -0.4 is 4.72 Å². The van der Waals surface area contributed by atoms with Crippen LogP contribution in [-0.2, 0) is 10.0 Å². The zero-order chi connectivity index (χ0) is 15.5. The minimum absolute atomic E-state index is 0.239. The maximum absolute atomic E-state index is 12.6. The van der Waals surface area contributed by atoms with Gasteiger partial charge in [-0.3, -0.25) is 0 Å². The second-order valence-corrected chi connectivity index (χ2v) is 6.73. The molecule has 0 radical (unpaired) electrons. The Morgan fingerprint density at radius 1 is 1.10 bits per heavy atom. The smallest absolute Gasteiger partial charge is 0.207 e. The molecule has 0 amide bonds. The Morgan fingerprint density at radius 3 is 2.29 bits per heavy atom. The molecule has 4 heteroatoms. The molecule has 21 heavy (non-hydrogen) atoms. The van der Waals surface area contributed by atoms with Gasteiger partial charge in [0.2, 0.25) is 10.0 Å². The van der Waals surface area contributed by atoms with Crippen LogP contribution >= 0.6 is 0 Å². The van der Waals surface area contributed by atoms with Gasteiger partial charge in [-0.15, -0.1) is 6.42 Å². The molecule has 0 fully saturated rings. The predicted octanol–water partition coefficient (Wildman–Crippen LogP) is 3.31. The van der Waals surface area contributed by atoms with Gasteiger partial charge in [-0.1, -0.05) is 50.1 Å². The third-order valence-corrected chi connectivity index (χ3v) is 5.38. The molecule has 2 rings (SSSR count). The molecule has 110 valence electrons. The van der Waals surface area contributed by atoms with Crippen molar-refractivity contribution in [1.29, 1.82) is 0 Å². The first kappa shape index (κ1) is 15.6. The van der Waals surface area contributed by atoms with Gasteiger partial charge in [0.15, 0.2) is 0 Å². The molecule has 0 aromatic heterocycles. The zero-order valence-corrected chi connectivity index (χ0v) is 13.1. The van der Waals surface area contributed by atoms with Crippen molar-refractivity contribution in [3.63, 3.8) is 0 Å². The van der Waals surface area contributed by atoms with E-state index in [0.29, 0.717) is 12.8 Å². The van der Waals surface area contributed by atoms with Gasteiger partial charge in [-0.05, 0) is 35.7 Å². The highest BCUT2D eigenvalue weighted by Gasteiger charge is 2.30. The first-order valence-corrected chi connectivity index (χ1v) is 8.45. The minimum Gasteiger partial charge on any atom is -0.207 e. The summed E-state index contributed by atoms with van der Waals surface area (Å²) in [6.07, 6.45) is 6.62. The summed E-state index contributed by atoms with van der Waals surface area (Å²) in [4.78, 5) is 0.239. The summed E-state index contributed by atoms with van der Waals surface area (Å²) in [6, 6.07) is 12.7. The largest absolute Gasteiger partial charge is 0.241 e. The van der Waals surface area contributed by atoms with E-state index in [1.165, 1.54) is 0 Å². The number of terminal acetylenes is 1. The van der Waals surface area contributed by atoms with E-state index in [9.17, 15) is 8.42 Å². The second-order valence-electron chi connectivity index (χ2n) is 5.05. The Morgan fingerprint density at radius 2 is 1.71 bits per heavy atom. The number of rotatable bonds is 5. The van der Waals surface area contributed by atoms with Gasteiger partial charge in [0, 0.05) is 0 Å². The van der Waals surface area contributed by atoms with Crippen LogP contribution in [0.2, 0.25) is 0 Å². The zero-order valence-electron chi connectivity index (χ0n) is 12.3. The lowest BCUT2D eigenvalue weighted by atomic mass is 9.96. The van der Waals surface area contributed by atoms with Crippen molar-refractivity contribution in [3.8, 4) is 12.3 Å². The van der Waals surface area contributed by atoms with Gasteiger partial charge in [0.25, 0.3) is 0 Å². The van der Waals surface area contributed by atoms with E-state index in [1.54, 1.807) is 18.2 Å². The third-order valence-electron chi connectivity index (χ3n) is 3.84. The molecular weight excluding hydrogens is 282 g/mol. The van der Waals surface area contributed by atoms with Crippen molar-refractivity contribution in [2.75, 3.05) is 0 Å². The van der Waals surface area contributed by atoms with E-state index in [4.69, 9.17) is 6.42 Å². The Hall–Kier alpha value is -1.83. The van der Waals surface area contributed by atoms with Crippen molar-refractivity contribution in [1.82, 2.24) is 4.72 Å². The molecule has 0 unspecified atom stereocenters. The number of hydrogen-bond donors (Lipinski definition) is 1. The Balaban J connectivity index is 2.45.